The molecule has 2 atom stereocenters. The van der Waals surface area contributed by atoms with Gasteiger partial charge in [-0.3, -0.25) is 0 Å². The molecule has 2 heteroatoms. The predicted molar refractivity (Wildman–Crippen MR) is 37.3 cm³/mol. The zero-order valence-electron chi connectivity index (χ0n) is 4.89. The molecule has 1 nitrogen and oxygen atoms in total. The van der Waals surface area contributed by atoms with E-state index < -0.39 is 0 Å². The van der Waals surface area contributed by atoms with Crippen LogP contribution < -0.4 is 5.32 Å². The largest absolute Gasteiger partial charge is 0.315 e. The average Bonchev–Trinajstić information content (AvgIpc) is 2.12. The van der Waals surface area contributed by atoms with E-state index in [0.717, 1.165) is 10.5 Å². The van der Waals surface area contributed by atoms with Gasteiger partial charge in [-0.05, 0) is 12.8 Å². The molecular weight excluding hydrogens is 118 g/mol. The van der Waals surface area contributed by atoms with E-state index in [1.54, 1.807) is 0 Å². The molecular formula is C6H11NS. The molecule has 2 heterocycles. The molecule has 0 unspecified atom stereocenters. The Morgan fingerprint density at radius 1 is 1.12 bits per heavy atom. The minimum atomic E-state index is 0.966. The summed E-state index contributed by atoms with van der Waals surface area (Å²) in [6, 6.07) is 0. The van der Waals surface area contributed by atoms with Gasteiger partial charge in [-0.15, -0.1) is 0 Å². The molecule has 0 aromatic carbocycles. The topological polar surface area (TPSA) is 12.0 Å². The van der Waals surface area contributed by atoms with E-state index in [1.165, 1.54) is 25.9 Å². The fraction of sp³-hybridized carbons (Fsp3) is 1.00. The summed E-state index contributed by atoms with van der Waals surface area (Å²) < 4.78 is 0. The first-order valence-corrected chi connectivity index (χ1v) is 4.25. The highest BCUT2D eigenvalue weighted by atomic mass is 32.2. The van der Waals surface area contributed by atoms with Crippen molar-refractivity contribution >= 4 is 11.8 Å². The molecule has 2 saturated heterocycles. The van der Waals surface area contributed by atoms with Gasteiger partial charge in [0.2, 0.25) is 0 Å². The molecule has 2 rings (SSSR count). The van der Waals surface area contributed by atoms with Crippen molar-refractivity contribution in [3.63, 3.8) is 0 Å². The Hall–Kier alpha value is 0.310. The van der Waals surface area contributed by atoms with Gasteiger partial charge in [0.1, 0.15) is 0 Å². The molecule has 0 radical (unpaired) electrons. The van der Waals surface area contributed by atoms with Crippen LogP contribution in [0.4, 0.5) is 0 Å². The van der Waals surface area contributed by atoms with Crippen molar-refractivity contribution in [2.24, 2.45) is 0 Å². The molecule has 2 bridgehead atoms. The Kier molecular flexibility index (Phi) is 1.23. The summed E-state index contributed by atoms with van der Waals surface area (Å²) in [6.45, 7) is 2.53. The van der Waals surface area contributed by atoms with Crippen molar-refractivity contribution in [3.05, 3.63) is 0 Å². The normalized spacial score (nSPS) is 45.0. The maximum absolute atomic E-state index is 3.43. The van der Waals surface area contributed by atoms with Crippen LogP contribution in [-0.4, -0.2) is 23.6 Å². The van der Waals surface area contributed by atoms with Crippen LogP contribution in [0.2, 0.25) is 0 Å². The minimum Gasteiger partial charge on any atom is -0.315 e. The first kappa shape index (κ1) is 5.12. The third-order valence-electron chi connectivity index (χ3n) is 1.94. The molecule has 0 saturated carbocycles. The summed E-state index contributed by atoms with van der Waals surface area (Å²) in [5, 5.41) is 5.36. The molecule has 0 amide bonds. The van der Waals surface area contributed by atoms with Crippen molar-refractivity contribution in [2.75, 3.05) is 13.1 Å². The Balaban J connectivity index is 2.03. The van der Waals surface area contributed by atoms with Crippen molar-refractivity contribution in [3.8, 4) is 0 Å². The number of hydrogen-bond acceptors (Lipinski definition) is 2. The predicted octanol–water partition coefficient (Wildman–Crippen LogP) is 0.854. The van der Waals surface area contributed by atoms with Crippen LogP contribution in [0, 0.1) is 0 Å². The SMILES string of the molecule is C1C[C@H]2CNC[C@@H]1S2. The molecule has 1 N–H and O–H groups in total. The van der Waals surface area contributed by atoms with Gasteiger partial charge < -0.3 is 5.32 Å². The molecule has 2 aliphatic heterocycles. The highest BCUT2D eigenvalue weighted by molar-refractivity contribution is 8.00. The van der Waals surface area contributed by atoms with Crippen molar-refractivity contribution in [2.45, 2.75) is 23.3 Å². The molecule has 0 aliphatic carbocycles. The quantitative estimate of drug-likeness (QED) is 0.520. The zero-order chi connectivity index (χ0) is 5.40. The van der Waals surface area contributed by atoms with Crippen LogP contribution in [0.25, 0.3) is 0 Å². The lowest BCUT2D eigenvalue weighted by Crippen LogP contribution is -2.32. The Morgan fingerprint density at radius 3 is 2.25 bits per heavy atom. The molecule has 0 spiro atoms. The molecule has 0 aromatic rings. The highest BCUT2D eigenvalue weighted by Crippen LogP contribution is 2.35. The van der Waals surface area contributed by atoms with Crippen molar-refractivity contribution < 1.29 is 0 Å². The van der Waals surface area contributed by atoms with Gasteiger partial charge >= 0.3 is 0 Å². The maximum Gasteiger partial charge on any atom is 0.0176 e. The lowest BCUT2D eigenvalue weighted by atomic mass is 10.2. The van der Waals surface area contributed by atoms with Crippen LogP contribution in [0.1, 0.15) is 12.8 Å². The van der Waals surface area contributed by atoms with Gasteiger partial charge in [0.05, 0.1) is 0 Å². The van der Waals surface area contributed by atoms with Gasteiger partial charge in [0.15, 0.2) is 0 Å². The molecule has 2 fully saturated rings. The molecule has 8 heavy (non-hydrogen) atoms. The number of nitrogens with one attached hydrogen (secondary N) is 1. The Labute approximate surface area is 54.2 Å². The Bertz CT molecular complexity index is 80.5. The summed E-state index contributed by atoms with van der Waals surface area (Å²) in [4.78, 5) is 0. The van der Waals surface area contributed by atoms with Crippen LogP contribution >= 0.6 is 11.8 Å². The van der Waals surface area contributed by atoms with Crippen molar-refractivity contribution in [1.82, 2.24) is 5.32 Å². The van der Waals surface area contributed by atoms with Crippen LogP contribution in [0.3, 0.4) is 0 Å². The third kappa shape index (κ3) is 0.759. The van der Waals surface area contributed by atoms with E-state index in [1.807, 2.05) is 0 Å². The standard InChI is InChI=1S/C6H11NS/c1-2-6-4-7-3-5(1)8-6/h5-7H,1-4H2/t5-,6+. The molecule has 0 aromatic heterocycles. The smallest absolute Gasteiger partial charge is 0.0176 e. The van der Waals surface area contributed by atoms with E-state index in [0.29, 0.717) is 0 Å². The van der Waals surface area contributed by atoms with Crippen LogP contribution in [0.15, 0.2) is 0 Å². The number of rotatable bonds is 0. The first-order valence-electron chi connectivity index (χ1n) is 3.31. The van der Waals surface area contributed by atoms with Gasteiger partial charge in [-0.1, -0.05) is 0 Å². The second kappa shape index (κ2) is 1.92. The summed E-state index contributed by atoms with van der Waals surface area (Å²) in [5.41, 5.74) is 0. The summed E-state index contributed by atoms with van der Waals surface area (Å²) in [5.74, 6) is 0. The van der Waals surface area contributed by atoms with Gasteiger partial charge in [0.25, 0.3) is 0 Å². The summed E-state index contributed by atoms with van der Waals surface area (Å²) in [7, 11) is 0. The van der Waals surface area contributed by atoms with Crippen LogP contribution in [0.5, 0.6) is 0 Å². The van der Waals surface area contributed by atoms with E-state index in [4.69, 9.17) is 0 Å². The third-order valence-corrected chi connectivity index (χ3v) is 3.51. The summed E-state index contributed by atoms with van der Waals surface area (Å²) >= 11 is 2.19. The highest BCUT2D eigenvalue weighted by Gasteiger charge is 2.28. The van der Waals surface area contributed by atoms with Crippen molar-refractivity contribution in [1.29, 1.82) is 0 Å². The second-order valence-corrected chi connectivity index (χ2v) is 4.22. The number of thioether (sulfide) groups is 1. The molecule has 2 aliphatic rings. The second-order valence-electron chi connectivity index (χ2n) is 2.62. The maximum atomic E-state index is 3.43. The Morgan fingerprint density at radius 2 is 1.75 bits per heavy atom. The lowest BCUT2D eigenvalue weighted by Gasteiger charge is -2.18. The van der Waals surface area contributed by atoms with E-state index in [9.17, 15) is 0 Å². The van der Waals surface area contributed by atoms with Gasteiger partial charge in [-0.25, -0.2) is 0 Å². The van der Waals surface area contributed by atoms with Gasteiger partial charge in [-0.2, -0.15) is 11.8 Å². The molecule has 46 valence electrons. The number of hydrogen-bond donors (Lipinski definition) is 1. The number of fused-ring (bicyclic) bond motifs is 2. The fourth-order valence-corrected chi connectivity index (χ4v) is 3.00. The first-order chi connectivity index (χ1) is 3.95. The van der Waals surface area contributed by atoms with E-state index in [-0.39, 0.29) is 0 Å². The average molecular weight is 129 g/mol. The van der Waals surface area contributed by atoms with Gasteiger partial charge in [0, 0.05) is 23.6 Å². The monoisotopic (exact) mass is 129 g/mol. The lowest BCUT2D eigenvalue weighted by molar-refractivity contribution is 0.690. The zero-order valence-corrected chi connectivity index (χ0v) is 5.71. The van der Waals surface area contributed by atoms with E-state index >= 15 is 0 Å². The minimum absolute atomic E-state index is 0.966. The fourth-order valence-electron chi connectivity index (χ4n) is 1.49. The summed E-state index contributed by atoms with van der Waals surface area (Å²) in [6.07, 6.45) is 2.92. The van der Waals surface area contributed by atoms with Crippen LogP contribution in [-0.2, 0) is 0 Å². The van der Waals surface area contributed by atoms with E-state index in [2.05, 4.69) is 17.1 Å².